The largest absolute Gasteiger partial charge is 0.382 e. The molecule has 1 fully saturated rings. The van der Waals surface area contributed by atoms with Crippen LogP contribution < -0.4 is 16.0 Å². The van der Waals surface area contributed by atoms with Crippen LogP contribution in [-0.4, -0.2) is 108 Å². The summed E-state index contributed by atoms with van der Waals surface area (Å²) in [4.78, 5) is 68.3. The van der Waals surface area contributed by atoms with Crippen molar-refractivity contribution < 1.29 is 33.4 Å². The minimum atomic E-state index is -1.03. The molecule has 3 N–H and O–H groups in total. The van der Waals surface area contributed by atoms with Crippen molar-refractivity contribution >= 4 is 46.3 Å². The number of nitrogens with one attached hydrogen (secondary N) is 3. The standard InChI is InChI=1S/C40H39N11O7/c52-35-12-11-34(38(54)45-35)51-39(55)30-7-4-8-31(37(30)40(51)56)41-14-16-57-17-18-58-24-28-22-48(47-46-28)15-13-42-36(53)23-49-21-27(20-44-49)26-9-10-33-32(19-26)43-25-50(33)29-5-2-1-3-6-29/h1-10,19-22,25,34,41H,11-18,23-24H2,(H,42,53)(H,45,52,54). The van der Waals surface area contributed by atoms with Crippen LogP contribution in [0.5, 0.6) is 0 Å². The first kappa shape index (κ1) is 37.9. The summed E-state index contributed by atoms with van der Waals surface area (Å²) < 4.78 is 16.6. The summed E-state index contributed by atoms with van der Waals surface area (Å²) in [6.07, 6.45) is 7.28. The molecular weight excluding hydrogens is 747 g/mol. The monoisotopic (exact) mass is 785 g/mol. The van der Waals surface area contributed by atoms with Crippen LogP contribution in [0.15, 0.2) is 91.6 Å². The topological polar surface area (TPSA) is 209 Å². The van der Waals surface area contributed by atoms with Crippen LogP contribution >= 0.6 is 0 Å². The summed E-state index contributed by atoms with van der Waals surface area (Å²) in [7, 11) is 0. The highest BCUT2D eigenvalue weighted by atomic mass is 16.5. The summed E-state index contributed by atoms with van der Waals surface area (Å²) in [5, 5.41) is 20.8. The smallest absolute Gasteiger partial charge is 0.264 e. The third kappa shape index (κ3) is 8.23. The Kier molecular flexibility index (Phi) is 11.1. The van der Waals surface area contributed by atoms with Crippen molar-refractivity contribution in [1.82, 2.24) is 49.9 Å². The van der Waals surface area contributed by atoms with E-state index in [9.17, 15) is 24.0 Å². The molecule has 5 amide bonds. The fourth-order valence-electron chi connectivity index (χ4n) is 6.93. The molecule has 6 aromatic rings. The number of imide groups is 2. The molecule has 3 aromatic heterocycles. The zero-order valence-electron chi connectivity index (χ0n) is 31.2. The summed E-state index contributed by atoms with van der Waals surface area (Å²) in [5.41, 5.74) is 6.23. The minimum absolute atomic E-state index is 0.0539. The lowest BCUT2D eigenvalue weighted by atomic mass is 10.0. The van der Waals surface area contributed by atoms with Gasteiger partial charge in [0.1, 0.15) is 24.6 Å². The number of fused-ring (bicyclic) bond motifs is 2. The number of ether oxygens (including phenoxy) is 2. The Hall–Kier alpha value is -7.05. The third-order valence-corrected chi connectivity index (χ3v) is 9.75. The van der Waals surface area contributed by atoms with Crippen molar-refractivity contribution in [1.29, 1.82) is 0 Å². The van der Waals surface area contributed by atoms with Gasteiger partial charge in [-0.1, -0.05) is 35.5 Å². The molecule has 0 bridgehead atoms. The number of benzene rings is 3. The van der Waals surface area contributed by atoms with Crippen molar-refractivity contribution in [2.75, 3.05) is 38.2 Å². The Morgan fingerprint density at radius 3 is 2.60 bits per heavy atom. The number of piperidine rings is 1. The fraction of sp³-hybridized carbons (Fsp3) is 0.275. The number of para-hydroxylation sites is 1. The number of carbonyl (C=O) groups excluding carboxylic acids is 5. The Bertz CT molecular complexity index is 2490. The normalized spacial score (nSPS) is 15.2. The molecule has 296 valence electrons. The first-order valence-electron chi connectivity index (χ1n) is 18.8. The SMILES string of the molecule is O=C(Cn1cc(-c2ccc3c(c2)ncn3-c2ccccc2)cn1)NCCn1cc(COCCOCCNc2cccc3c2C(=O)N(C2CCC(=O)NC2=O)C3=O)nn1. The van der Waals surface area contributed by atoms with Gasteiger partial charge in [0.25, 0.3) is 11.8 Å². The summed E-state index contributed by atoms with van der Waals surface area (Å²) >= 11 is 0. The Morgan fingerprint density at radius 1 is 0.879 bits per heavy atom. The van der Waals surface area contributed by atoms with E-state index in [1.807, 2.05) is 65.6 Å². The molecule has 0 aliphatic carbocycles. The number of imidazole rings is 1. The first-order valence-corrected chi connectivity index (χ1v) is 18.8. The first-order chi connectivity index (χ1) is 28.3. The van der Waals surface area contributed by atoms with Gasteiger partial charge in [0.2, 0.25) is 17.7 Å². The van der Waals surface area contributed by atoms with Crippen molar-refractivity contribution in [3.63, 3.8) is 0 Å². The molecule has 8 rings (SSSR count). The van der Waals surface area contributed by atoms with Crippen LogP contribution in [0.2, 0.25) is 0 Å². The van der Waals surface area contributed by atoms with Crippen LogP contribution in [0.25, 0.3) is 27.8 Å². The molecule has 0 saturated carbocycles. The van der Waals surface area contributed by atoms with E-state index in [-0.39, 0.29) is 43.0 Å². The maximum Gasteiger partial charge on any atom is 0.264 e. The zero-order chi connectivity index (χ0) is 40.0. The van der Waals surface area contributed by atoms with Gasteiger partial charge in [-0.2, -0.15) is 5.10 Å². The van der Waals surface area contributed by atoms with E-state index in [1.165, 1.54) is 0 Å². The zero-order valence-corrected chi connectivity index (χ0v) is 31.2. The Balaban J connectivity index is 0.709. The maximum atomic E-state index is 13.2. The highest BCUT2D eigenvalue weighted by molar-refractivity contribution is 6.25. The van der Waals surface area contributed by atoms with Gasteiger partial charge in [-0.25, -0.2) is 4.98 Å². The average Bonchev–Trinajstić information content (AvgIpc) is 4.03. The molecule has 5 heterocycles. The van der Waals surface area contributed by atoms with Gasteiger partial charge >= 0.3 is 0 Å². The molecule has 1 saturated heterocycles. The highest BCUT2D eigenvalue weighted by Crippen LogP contribution is 2.32. The quantitative estimate of drug-likeness (QED) is 0.0900. The summed E-state index contributed by atoms with van der Waals surface area (Å²) in [6.45, 7) is 2.34. The number of hydrogen-bond donors (Lipinski definition) is 3. The van der Waals surface area contributed by atoms with Crippen LogP contribution in [0.3, 0.4) is 0 Å². The maximum absolute atomic E-state index is 13.2. The number of nitrogens with zero attached hydrogens (tertiary/aromatic N) is 8. The number of carbonyl (C=O) groups is 5. The Morgan fingerprint density at radius 2 is 1.74 bits per heavy atom. The molecule has 2 aliphatic heterocycles. The molecule has 58 heavy (non-hydrogen) atoms. The fourth-order valence-corrected chi connectivity index (χ4v) is 6.93. The van der Waals surface area contributed by atoms with Gasteiger partial charge in [-0.05, 0) is 48.4 Å². The number of amides is 5. The third-order valence-electron chi connectivity index (χ3n) is 9.75. The second-order valence-corrected chi connectivity index (χ2v) is 13.7. The molecule has 0 spiro atoms. The van der Waals surface area contributed by atoms with Crippen LogP contribution in [0, 0.1) is 0 Å². The summed E-state index contributed by atoms with van der Waals surface area (Å²) in [5.74, 6) is -2.40. The van der Waals surface area contributed by atoms with Crippen LogP contribution in [0.1, 0.15) is 39.3 Å². The molecule has 18 heteroatoms. The molecule has 1 atom stereocenters. The number of hydrogen-bond acceptors (Lipinski definition) is 12. The van der Waals surface area contributed by atoms with E-state index in [0.717, 1.165) is 32.7 Å². The van der Waals surface area contributed by atoms with E-state index in [4.69, 9.17) is 9.47 Å². The van der Waals surface area contributed by atoms with E-state index < -0.39 is 29.7 Å². The number of rotatable bonds is 17. The van der Waals surface area contributed by atoms with Crippen LogP contribution in [-0.2, 0) is 43.6 Å². The van der Waals surface area contributed by atoms with Gasteiger partial charge in [0.05, 0.1) is 67.5 Å². The van der Waals surface area contributed by atoms with Gasteiger partial charge in [-0.3, -0.25) is 48.1 Å². The summed E-state index contributed by atoms with van der Waals surface area (Å²) in [6, 6.07) is 20.0. The molecule has 3 aromatic carbocycles. The van der Waals surface area contributed by atoms with Crippen molar-refractivity contribution in [3.05, 3.63) is 108 Å². The van der Waals surface area contributed by atoms with E-state index in [1.54, 1.807) is 40.0 Å². The molecule has 2 aliphatic rings. The lowest BCUT2D eigenvalue weighted by Crippen LogP contribution is -2.54. The van der Waals surface area contributed by atoms with E-state index in [0.29, 0.717) is 50.8 Å². The van der Waals surface area contributed by atoms with Gasteiger partial charge in [0.15, 0.2) is 0 Å². The van der Waals surface area contributed by atoms with Gasteiger partial charge < -0.3 is 20.1 Å². The van der Waals surface area contributed by atoms with Crippen LogP contribution in [0.4, 0.5) is 5.69 Å². The molecule has 1 unspecified atom stereocenters. The second-order valence-electron chi connectivity index (χ2n) is 13.7. The highest BCUT2D eigenvalue weighted by Gasteiger charge is 2.45. The number of aromatic nitrogens is 7. The van der Waals surface area contributed by atoms with Crippen molar-refractivity contribution in [3.8, 4) is 16.8 Å². The predicted octanol–water partition coefficient (Wildman–Crippen LogP) is 2.34. The van der Waals surface area contributed by atoms with E-state index >= 15 is 0 Å². The van der Waals surface area contributed by atoms with Gasteiger partial charge in [-0.15, -0.1) is 5.10 Å². The molecule has 0 radical (unpaired) electrons. The van der Waals surface area contributed by atoms with E-state index in [2.05, 4.69) is 36.3 Å². The second kappa shape index (κ2) is 17.0. The number of anilines is 1. The van der Waals surface area contributed by atoms with Crippen molar-refractivity contribution in [2.24, 2.45) is 0 Å². The average molecular weight is 786 g/mol. The lowest BCUT2D eigenvalue weighted by Gasteiger charge is -2.27. The Labute approximate surface area is 331 Å². The van der Waals surface area contributed by atoms with Gasteiger partial charge in [0, 0.05) is 42.6 Å². The minimum Gasteiger partial charge on any atom is -0.382 e. The molecular formula is C40H39N11O7. The van der Waals surface area contributed by atoms with Crippen molar-refractivity contribution in [2.45, 2.75) is 38.6 Å². The lowest BCUT2D eigenvalue weighted by molar-refractivity contribution is -0.136. The predicted molar refractivity (Wildman–Crippen MR) is 207 cm³/mol. The molecule has 18 nitrogen and oxygen atoms in total.